The van der Waals surface area contributed by atoms with Gasteiger partial charge in [0.15, 0.2) is 0 Å². The Hall–Kier alpha value is -1.35. The van der Waals surface area contributed by atoms with Crippen LogP contribution in [0.3, 0.4) is 0 Å². The van der Waals surface area contributed by atoms with E-state index in [0.717, 1.165) is 24.1 Å². The predicted octanol–water partition coefficient (Wildman–Crippen LogP) is 2.54. The van der Waals surface area contributed by atoms with Gasteiger partial charge in [-0.25, -0.2) is 0 Å². The van der Waals surface area contributed by atoms with Crippen LogP contribution >= 0.6 is 0 Å². The molecule has 0 bridgehead atoms. The highest BCUT2D eigenvalue weighted by Gasteiger charge is 2.19. The van der Waals surface area contributed by atoms with Crippen molar-refractivity contribution in [2.45, 2.75) is 33.2 Å². The van der Waals surface area contributed by atoms with Crippen LogP contribution in [0.1, 0.15) is 32.3 Å². The predicted molar refractivity (Wildman–Crippen MR) is 71.8 cm³/mol. The molecule has 0 saturated heterocycles. The maximum atomic E-state index is 12.2. The van der Waals surface area contributed by atoms with Crippen molar-refractivity contribution in [1.82, 2.24) is 0 Å². The minimum Gasteiger partial charge on any atom is -0.326 e. The van der Waals surface area contributed by atoms with Gasteiger partial charge in [0, 0.05) is 25.2 Å². The summed E-state index contributed by atoms with van der Waals surface area (Å²) < 4.78 is 0. The summed E-state index contributed by atoms with van der Waals surface area (Å²) in [5, 5.41) is 0. The molecular formula is C14H22N2O. The average molecular weight is 234 g/mol. The van der Waals surface area contributed by atoms with Crippen LogP contribution < -0.4 is 10.6 Å². The van der Waals surface area contributed by atoms with Gasteiger partial charge in [0.25, 0.3) is 0 Å². The highest BCUT2D eigenvalue weighted by atomic mass is 16.2. The van der Waals surface area contributed by atoms with E-state index in [9.17, 15) is 4.79 Å². The molecule has 0 radical (unpaired) electrons. The molecular weight excluding hydrogens is 212 g/mol. The zero-order valence-corrected chi connectivity index (χ0v) is 10.9. The first-order valence-corrected chi connectivity index (χ1v) is 6.20. The van der Waals surface area contributed by atoms with Gasteiger partial charge >= 0.3 is 0 Å². The Kier molecular flexibility index (Phi) is 5.16. The molecule has 0 aliphatic rings. The molecule has 0 atom stereocenters. The Labute approximate surface area is 104 Å². The summed E-state index contributed by atoms with van der Waals surface area (Å²) in [5.41, 5.74) is 7.56. The van der Waals surface area contributed by atoms with E-state index in [1.165, 1.54) is 0 Å². The minimum absolute atomic E-state index is 0.120. The first-order valence-electron chi connectivity index (χ1n) is 6.20. The van der Waals surface area contributed by atoms with Crippen molar-refractivity contribution in [2.75, 3.05) is 11.9 Å². The van der Waals surface area contributed by atoms with Crippen molar-refractivity contribution < 1.29 is 4.79 Å². The van der Waals surface area contributed by atoms with Crippen LogP contribution in [0.15, 0.2) is 24.3 Å². The maximum Gasteiger partial charge on any atom is 0.229 e. The second-order valence-electron chi connectivity index (χ2n) is 4.28. The van der Waals surface area contributed by atoms with Gasteiger partial charge in [-0.1, -0.05) is 26.0 Å². The fourth-order valence-electron chi connectivity index (χ4n) is 1.89. The monoisotopic (exact) mass is 234 g/mol. The van der Waals surface area contributed by atoms with E-state index in [-0.39, 0.29) is 11.8 Å². The molecule has 3 heteroatoms. The van der Waals surface area contributed by atoms with E-state index in [1.54, 1.807) is 4.90 Å². The minimum atomic E-state index is 0.120. The van der Waals surface area contributed by atoms with Crippen LogP contribution in [-0.4, -0.2) is 13.0 Å². The largest absolute Gasteiger partial charge is 0.326 e. The van der Waals surface area contributed by atoms with Crippen molar-refractivity contribution in [2.24, 2.45) is 11.7 Å². The zero-order valence-electron chi connectivity index (χ0n) is 10.9. The number of rotatable bonds is 5. The highest BCUT2D eigenvalue weighted by molar-refractivity contribution is 5.94. The van der Waals surface area contributed by atoms with Gasteiger partial charge in [0.05, 0.1) is 0 Å². The smallest absolute Gasteiger partial charge is 0.229 e. The number of nitrogens with zero attached hydrogens (tertiary/aromatic N) is 1. The molecule has 1 aromatic carbocycles. The number of carbonyl (C=O) groups is 1. The summed E-state index contributed by atoms with van der Waals surface area (Å²) >= 11 is 0. The zero-order chi connectivity index (χ0) is 12.8. The van der Waals surface area contributed by atoms with Gasteiger partial charge in [-0.2, -0.15) is 0 Å². The van der Waals surface area contributed by atoms with Crippen molar-refractivity contribution in [1.29, 1.82) is 0 Å². The molecule has 0 saturated carbocycles. The average Bonchev–Trinajstić information content (AvgIpc) is 2.39. The third-order valence-electron chi connectivity index (χ3n) is 3.22. The standard InChI is InChI=1S/C14H22N2O/c1-4-12(5-2)14(17)16(3)13-8-6-11(10-15)7-9-13/h6-9,12H,4-5,10,15H2,1-3H3. The fraction of sp³-hybridized carbons (Fsp3) is 0.500. The second kappa shape index (κ2) is 6.40. The lowest BCUT2D eigenvalue weighted by atomic mass is 10.0. The van der Waals surface area contributed by atoms with Crippen molar-refractivity contribution >= 4 is 11.6 Å². The molecule has 0 aromatic heterocycles. The molecule has 0 aliphatic carbocycles. The summed E-state index contributed by atoms with van der Waals surface area (Å²) in [5.74, 6) is 0.310. The second-order valence-corrected chi connectivity index (χ2v) is 4.28. The number of amides is 1. The van der Waals surface area contributed by atoms with E-state index in [1.807, 2.05) is 31.3 Å². The van der Waals surface area contributed by atoms with Crippen LogP contribution in [0.5, 0.6) is 0 Å². The molecule has 0 unspecified atom stereocenters. The van der Waals surface area contributed by atoms with Crippen molar-refractivity contribution in [3.8, 4) is 0 Å². The highest BCUT2D eigenvalue weighted by Crippen LogP contribution is 2.18. The molecule has 0 aliphatic heterocycles. The van der Waals surface area contributed by atoms with E-state index >= 15 is 0 Å². The molecule has 0 heterocycles. The molecule has 94 valence electrons. The molecule has 0 fully saturated rings. The quantitative estimate of drug-likeness (QED) is 0.851. The molecule has 17 heavy (non-hydrogen) atoms. The number of anilines is 1. The lowest BCUT2D eigenvalue weighted by Gasteiger charge is -2.22. The normalized spacial score (nSPS) is 10.6. The molecule has 1 aromatic rings. The third-order valence-corrected chi connectivity index (χ3v) is 3.22. The van der Waals surface area contributed by atoms with Crippen molar-refractivity contribution in [3.63, 3.8) is 0 Å². The number of hydrogen-bond acceptors (Lipinski definition) is 2. The van der Waals surface area contributed by atoms with Crippen LogP contribution in [-0.2, 0) is 11.3 Å². The molecule has 3 nitrogen and oxygen atoms in total. The van der Waals surface area contributed by atoms with Gasteiger partial charge in [-0.15, -0.1) is 0 Å². The lowest BCUT2D eigenvalue weighted by molar-refractivity contribution is -0.122. The van der Waals surface area contributed by atoms with E-state index < -0.39 is 0 Å². The number of carbonyl (C=O) groups excluding carboxylic acids is 1. The summed E-state index contributed by atoms with van der Waals surface area (Å²) in [4.78, 5) is 13.9. The molecule has 2 N–H and O–H groups in total. The Morgan fingerprint density at radius 1 is 1.24 bits per heavy atom. The summed E-state index contributed by atoms with van der Waals surface area (Å²) in [6.07, 6.45) is 1.78. The van der Waals surface area contributed by atoms with Gasteiger partial charge in [-0.05, 0) is 30.5 Å². The van der Waals surface area contributed by atoms with Gasteiger partial charge in [-0.3, -0.25) is 4.79 Å². The Morgan fingerprint density at radius 2 is 1.76 bits per heavy atom. The summed E-state index contributed by atoms with van der Waals surface area (Å²) in [6.45, 7) is 4.64. The van der Waals surface area contributed by atoms with E-state index in [2.05, 4.69) is 13.8 Å². The van der Waals surface area contributed by atoms with E-state index in [4.69, 9.17) is 5.73 Å². The summed E-state index contributed by atoms with van der Waals surface area (Å²) in [7, 11) is 1.83. The van der Waals surface area contributed by atoms with Gasteiger partial charge in [0.1, 0.15) is 0 Å². The molecule has 1 rings (SSSR count). The van der Waals surface area contributed by atoms with Crippen LogP contribution in [0.25, 0.3) is 0 Å². The first-order chi connectivity index (χ1) is 8.13. The lowest BCUT2D eigenvalue weighted by Crippen LogP contribution is -2.32. The number of hydrogen-bond donors (Lipinski definition) is 1. The van der Waals surface area contributed by atoms with Gasteiger partial charge in [0.2, 0.25) is 5.91 Å². The Balaban J connectivity index is 2.80. The molecule has 0 spiro atoms. The number of nitrogens with two attached hydrogens (primary N) is 1. The maximum absolute atomic E-state index is 12.2. The summed E-state index contributed by atoms with van der Waals surface area (Å²) in [6, 6.07) is 7.82. The molecule has 1 amide bonds. The van der Waals surface area contributed by atoms with E-state index in [0.29, 0.717) is 6.54 Å². The van der Waals surface area contributed by atoms with Crippen LogP contribution in [0.2, 0.25) is 0 Å². The Morgan fingerprint density at radius 3 is 2.18 bits per heavy atom. The SMILES string of the molecule is CCC(CC)C(=O)N(C)c1ccc(CN)cc1. The first kappa shape index (κ1) is 13.7. The topological polar surface area (TPSA) is 46.3 Å². The van der Waals surface area contributed by atoms with Crippen LogP contribution in [0, 0.1) is 5.92 Å². The third kappa shape index (κ3) is 3.30. The van der Waals surface area contributed by atoms with Crippen LogP contribution in [0.4, 0.5) is 5.69 Å². The Bertz CT molecular complexity index is 355. The fourth-order valence-corrected chi connectivity index (χ4v) is 1.89. The number of benzene rings is 1. The van der Waals surface area contributed by atoms with Gasteiger partial charge < -0.3 is 10.6 Å². The van der Waals surface area contributed by atoms with Crippen molar-refractivity contribution in [3.05, 3.63) is 29.8 Å².